The highest BCUT2D eigenvalue weighted by molar-refractivity contribution is 6.29. The molecule has 4 nitrogen and oxygen atoms in total. The van der Waals surface area contributed by atoms with E-state index < -0.39 is 0 Å². The first-order chi connectivity index (χ1) is 8.29. The Morgan fingerprint density at radius 1 is 1.24 bits per heavy atom. The molecule has 3 fully saturated rings. The summed E-state index contributed by atoms with van der Waals surface area (Å²) in [6.07, 6.45) is 6.42. The molecule has 0 radical (unpaired) electrons. The predicted octanol–water partition coefficient (Wildman–Crippen LogP) is 2.23. The standard InChI is InChI=1S/C12H13ClN4/c13-11-5-10(12-14-1-2-17(12)15-11)16-6-8-3-9(4-8)7-16/h1-2,5,8-9H,3-4,6-7H2. The molecule has 1 aliphatic carbocycles. The zero-order chi connectivity index (χ0) is 11.4. The second-order valence-corrected chi connectivity index (χ2v) is 5.54. The Hall–Kier alpha value is -1.29. The molecule has 2 bridgehead atoms. The third-order valence-electron chi connectivity index (χ3n) is 3.94. The van der Waals surface area contributed by atoms with E-state index >= 15 is 0 Å². The second-order valence-electron chi connectivity index (χ2n) is 5.16. The summed E-state index contributed by atoms with van der Waals surface area (Å²) in [4.78, 5) is 6.79. The van der Waals surface area contributed by atoms with Crippen molar-refractivity contribution in [3.05, 3.63) is 23.6 Å². The smallest absolute Gasteiger partial charge is 0.177 e. The number of fused-ring (bicyclic) bond motifs is 3. The highest BCUT2D eigenvalue weighted by Crippen LogP contribution is 2.41. The molecule has 0 aromatic carbocycles. The van der Waals surface area contributed by atoms with Gasteiger partial charge < -0.3 is 4.90 Å². The Kier molecular flexibility index (Phi) is 1.92. The fraction of sp³-hybridized carbons (Fsp3) is 0.500. The van der Waals surface area contributed by atoms with Gasteiger partial charge in [0.1, 0.15) is 0 Å². The maximum absolute atomic E-state index is 6.06. The lowest BCUT2D eigenvalue weighted by molar-refractivity contribution is 0.159. The number of aromatic nitrogens is 3. The highest BCUT2D eigenvalue weighted by atomic mass is 35.5. The normalized spacial score (nSPS) is 27.2. The van der Waals surface area contributed by atoms with Gasteiger partial charge in [-0.15, -0.1) is 0 Å². The minimum atomic E-state index is 0.532. The van der Waals surface area contributed by atoms with E-state index in [4.69, 9.17) is 11.6 Å². The van der Waals surface area contributed by atoms with Crippen molar-refractivity contribution in [2.24, 2.45) is 11.8 Å². The molecule has 3 aliphatic rings. The van der Waals surface area contributed by atoms with Gasteiger partial charge in [-0.05, 0) is 24.7 Å². The molecular weight excluding hydrogens is 236 g/mol. The fourth-order valence-electron chi connectivity index (χ4n) is 3.17. The van der Waals surface area contributed by atoms with Gasteiger partial charge in [0.15, 0.2) is 10.8 Å². The monoisotopic (exact) mass is 248 g/mol. The van der Waals surface area contributed by atoms with Gasteiger partial charge in [-0.1, -0.05) is 11.6 Å². The summed E-state index contributed by atoms with van der Waals surface area (Å²) in [6, 6.07) is 1.94. The third-order valence-corrected chi connectivity index (χ3v) is 4.13. The number of rotatable bonds is 1. The molecule has 5 heteroatoms. The lowest BCUT2D eigenvalue weighted by atomic mass is 9.71. The van der Waals surface area contributed by atoms with Crippen molar-refractivity contribution >= 4 is 22.9 Å². The minimum Gasteiger partial charge on any atom is -0.368 e. The number of hydrogen-bond acceptors (Lipinski definition) is 3. The van der Waals surface area contributed by atoms with Crippen LogP contribution in [0, 0.1) is 11.8 Å². The van der Waals surface area contributed by atoms with Crippen molar-refractivity contribution in [3.8, 4) is 0 Å². The van der Waals surface area contributed by atoms with E-state index in [1.54, 1.807) is 10.7 Å². The molecule has 0 atom stereocenters. The van der Waals surface area contributed by atoms with Gasteiger partial charge in [0.2, 0.25) is 0 Å². The van der Waals surface area contributed by atoms with Gasteiger partial charge in [-0.2, -0.15) is 5.10 Å². The average Bonchev–Trinajstić information content (AvgIpc) is 2.75. The van der Waals surface area contributed by atoms with E-state index in [2.05, 4.69) is 15.0 Å². The maximum atomic E-state index is 6.06. The molecule has 2 saturated heterocycles. The first-order valence-electron chi connectivity index (χ1n) is 6.04. The number of imidazole rings is 1. The van der Waals surface area contributed by atoms with Gasteiger partial charge in [-0.3, -0.25) is 0 Å². The molecule has 5 rings (SSSR count). The van der Waals surface area contributed by atoms with Gasteiger partial charge in [-0.25, -0.2) is 9.50 Å². The van der Waals surface area contributed by atoms with Crippen LogP contribution < -0.4 is 4.90 Å². The van der Waals surface area contributed by atoms with E-state index in [-0.39, 0.29) is 0 Å². The van der Waals surface area contributed by atoms with Crippen LogP contribution in [0.3, 0.4) is 0 Å². The topological polar surface area (TPSA) is 33.4 Å². The van der Waals surface area contributed by atoms with E-state index in [1.165, 1.54) is 12.8 Å². The molecule has 1 saturated carbocycles. The van der Waals surface area contributed by atoms with Crippen molar-refractivity contribution in [1.29, 1.82) is 0 Å². The molecule has 2 aliphatic heterocycles. The van der Waals surface area contributed by atoms with Gasteiger partial charge in [0.05, 0.1) is 5.69 Å². The van der Waals surface area contributed by atoms with E-state index in [0.29, 0.717) is 5.15 Å². The maximum Gasteiger partial charge on any atom is 0.177 e. The van der Waals surface area contributed by atoms with E-state index in [9.17, 15) is 0 Å². The van der Waals surface area contributed by atoms with Crippen LogP contribution in [0.4, 0.5) is 5.69 Å². The lowest BCUT2D eigenvalue weighted by Crippen LogP contribution is -2.48. The SMILES string of the molecule is Clc1cc(N2CC3CC(C3)C2)c2nccn2n1. The molecule has 0 N–H and O–H groups in total. The van der Waals surface area contributed by atoms with Crippen LogP contribution in [0.1, 0.15) is 12.8 Å². The molecule has 88 valence electrons. The van der Waals surface area contributed by atoms with Crippen LogP contribution in [-0.4, -0.2) is 27.7 Å². The molecule has 0 unspecified atom stereocenters. The van der Waals surface area contributed by atoms with Gasteiger partial charge in [0.25, 0.3) is 0 Å². The molecular formula is C12H13ClN4. The summed E-state index contributed by atoms with van der Waals surface area (Å²) in [5.74, 6) is 1.74. The molecule has 2 aromatic heterocycles. The van der Waals surface area contributed by atoms with E-state index in [1.807, 2.05) is 12.3 Å². The molecule has 0 spiro atoms. The Balaban J connectivity index is 1.81. The first-order valence-corrected chi connectivity index (χ1v) is 6.42. The summed E-state index contributed by atoms with van der Waals surface area (Å²) < 4.78 is 1.76. The molecule has 4 heterocycles. The largest absolute Gasteiger partial charge is 0.368 e. The zero-order valence-electron chi connectivity index (χ0n) is 9.38. The van der Waals surface area contributed by atoms with Crippen molar-refractivity contribution < 1.29 is 0 Å². The zero-order valence-corrected chi connectivity index (χ0v) is 10.1. The summed E-state index contributed by atoms with van der Waals surface area (Å²) in [5.41, 5.74) is 2.04. The van der Waals surface area contributed by atoms with Crippen molar-refractivity contribution in [2.45, 2.75) is 12.8 Å². The Morgan fingerprint density at radius 3 is 2.76 bits per heavy atom. The van der Waals surface area contributed by atoms with Crippen molar-refractivity contribution in [1.82, 2.24) is 14.6 Å². The fourth-order valence-corrected chi connectivity index (χ4v) is 3.35. The highest BCUT2D eigenvalue weighted by Gasteiger charge is 2.37. The second kappa shape index (κ2) is 3.35. The third kappa shape index (κ3) is 1.43. The number of halogens is 1. The van der Waals surface area contributed by atoms with Crippen molar-refractivity contribution in [2.75, 3.05) is 18.0 Å². The van der Waals surface area contributed by atoms with Crippen LogP contribution >= 0.6 is 11.6 Å². The number of hydrogen-bond donors (Lipinski definition) is 0. The predicted molar refractivity (Wildman–Crippen MR) is 66.4 cm³/mol. The number of anilines is 1. The summed E-state index contributed by atoms with van der Waals surface area (Å²) in [7, 11) is 0. The number of piperidine rings is 2. The van der Waals surface area contributed by atoms with Crippen LogP contribution in [0.15, 0.2) is 18.5 Å². The Bertz CT molecular complexity index is 563. The van der Waals surface area contributed by atoms with Crippen LogP contribution in [0.5, 0.6) is 0 Å². The number of nitrogens with zero attached hydrogens (tertiary/aromatic N) is 4. The lowest BCUT2D eigenvalue weighted by Gasteiger charge is -2.48. The summed E-state index contributed by atoms with van der Waals surface area (Å²) in [5, 5.41) is 4.75. The first kappa shape index (κ1) is 9.71. The molecule has 0 amide bonds. The molecule has 17 heavy (non-hydrogen) atoms. The van der Waals surface area contributed by atoms with Gasteiger partial charge in [0, 0.05) is 31.5 Å². The van der Waals surface area contributed by atoms with Crippen LogP contribution in [-0.2, 0) is 0 Å². The molecule has 2 aromatic rings. The quantitative estimate of drug-likeness (QED) is 0.776. The Morgan fingerprint density at radius 2 is 2.00 bits per heavy atom. The van der Waals surface area contributed by atoms with Gasteiger partial charge >= 0.3 is 0 Å². The Labute approximate surface area is 104 Å². The minimum absolute atomic E-state index is 0.532. The summed E-state index contributed by atoms with van der Waals surface area (Å²) in [6.45, 7) is 2.28. The van der Waals surface area contributed by atoms with Crippen LogP contribution in [0.25, 0.3) is 5.65 Å². The van der Waals surface area contributed by atoms with E-state index in [0.717, 1.165) is 36.3 Å². The van der Waals surface area contributed by atoms with Crippen molar-refractivity contribution in [3.63, 3.8) is 0 Å². The summed E-state index contributed by atoms with van der Waals surface area (Å²) >= 11 is 6.06. The average molecular weight is 249 g/mol. The van der Waals surface area contributed by atoms with Crippen LogP contribution in [0.2, 0.25) is 5.15 Å².